The SMILES string of the molecule is CO[C@H]1C(=O)[C@]2(C)[C@@H](OC)C[C@H]3OC[C@@]3(OC(C)=O)[C@H]2[C@H](OC(=O)c2ccccc2)[C@]2(O)C[C@H](OC(=O)[C@H](OC(=O)COCC(N)=O)C(NC(=O)OC(C)(C)C)c3ccccc3)C(C)=C1C2(C)C. The molecule has 2 aromatic rings. The van der Waals surface area contributed by atoms with Gasteiger partial charge in [-0.25, -0.2) is 19.2 Å². The number of ketones is 1. The zero-order chi connectivity index (χ0) is 50.1. The van der Waals surface area contributed by atoms with Gasteiger partial charge in [-0.1, -0.05) is 62.4 Å². The fraction of sp³-hybridized carbons (Fsp3) is 0.571. The molecule has 2 aromatic carbocycles. The number of methoxy groups -OCH3 is 2. The molecule has 3 fully saturated rings. The van der Waals surface area contributed by atoms with E-state index in [1.807, 2.05) is 0 Å². The van der Waals surface area contributed by atoms with E-state index >= 15 is 9.59 Å². The molecule has 2 saturated carbocycles. The number of benzene rings is 2. The Kier molecular flexibility index (Phi) is 15.0. The highest BCUT2D eigenvalue weighted by molar-refractivity contribution is 5.94. The Morgan fingerprint density at radius 1 is 0.926 bits per heavy atom. The van der Waals surface area contributed by atoms with Crippen molar-refractivity contribution in [3.63, 3.8) is 0 Å². The van der Waals surface area contributed by atoms with Gasteiger partial charge < -0.3 is 58.8 Å². The van der Waals surface area contributed by atoms with Crippen LogP contribution >= 0.6 is 0 Å². The molecule has 6 rings (SSSR count). The summed E-state index contributed by atoms with van der Waals surface area (Å²) in [6, 6.07) is 14.5. The number of fused-ring (bicyclic) bond motifs is 5. The predicted molar refractivity (Wildman–Crippen MR) is 237 cm³/mol. The Morgan fingerprint density at radius 3 is 2.10 bits per heavy atom. The molecule has 2 amide bonds. The van der Waals surface area contributed by atoms with E-state index in [1.54, 1.807) is 97.0 Å². The van der Waals surface area contributed by atoms with E-state index in [4.69, 9.17) is 48.4 Å². The van der Waals surface area contributed by atoms with Crippen LogP contribution in [0.2, 0.25) is 0 Å². The minimum atomic E-state index is -2.33. The molecule has 4 N–H and O–H groups in total. The number of nitrogens with two attached hydrogens (primary N) is 1. The third-order valence-corrected chi connectivity index (χ3v) is 13.7. The molecule has 1 saturated heterocycles. The van der Waals surface area contributed by atoms with Gasteiger partial charge >= 0.3 is 30.0 Å². The molecule has 370 valence electrons. The van der Waals surface area contributed by atoms with E-state index in [0.717, 1.165) is 0 Å². The van der Waals surface area contributed by atoms with E-state index in [0.29, 0.717) is 0 Å². The van der Waals surface area contributed by atoms with Crippen molar-refractivity contribution in [3.05, 3.63) is 82.9 Å². The second-order valence-corrected chi connectivity index (χ2v) is 19.4. The van der Waals surface area contributed by atoms with Gasteiger partial charge in [-0.3, -0.25) is 14.4 Å². The van der Waals surface area contributed by atoms with Crippen molar-refractivity contribution < 1.29 is 81.3 Å². The summed E-state index contributed by atoms with van der Waals surface area (Å²) in [7, 11) is 2.72. The van der Waals surface area contributed by atoms with Gasteiger partial charge in [0.05, 0.1) is 29.6 Å². The van der Waals surface area contributed by atoms with Crippen LogP contribution < -0.4 is 11.1 Å². The molecule has 1 aliphatic heterocycles. The van der Waals surface area contributed by atoms with Gasteiger partial charge in [-0.15, -0.1) is 0 Å². The van der Waals surface area contributed by atoms with Crippen LogP contribution in [0.1, 0.15) is 90.2 Å². The Labute approximate surface area is 394 Å². The van der Waals surface area contributed by atoms with E-state index in [-0.39, 0.29) is 35.3 Å². The maximum Gasteiger partial charge on any atom is 0.408 e. The predicted octanol–water partition coefficient (Wildman–Crippen LogP) is 3.62. The van der Waals surface area contributed by atoms with Crippen LogP contribution in [0.3, 0.4) is 0 Å². The summed E-state index contributed by atoms with van der Waals surface area (Å²) in [6.45, 7) is 10.8. The molecule has 0 radical (unpaired) electrons. The van der Waals surface area contributed by atoms with E-state index < -0.39 is 138 Å². The van der Waals surface area contributed by atoms with Crippen LogP contribution in [-0.4, -0.2) is 134 Å². The molecule has 1 unspecified atom stereocenters. The Balaban J connectivity index is 1.55. The van der Waals surface area contributed by atoms with Crippen LogP contribution in [0.5, 0.6) is 0 Å². The summed E-state index contributed by atoms with van der Waals surface area (Å²) in [4.78, 5) is 96.6. The highest BCUT2D eigenvalue weighted by Gasteiger charge is 2.78. The summed E-state index contributed by atoms with van der Waals surface area (Å²) in [5.41, 5.74) is -2.28. The topological polar surface area (TPSA) is 261 Å². The van der Waals surface area contributed by atoms with Gasteiger partial charge in [-0.2, -0.15) is 0 Å². The minimum Gasteiger partial charge on any atom is -0.455 e. The van der Waals surface area contributed by atoms with Crippen LogP contribution in [0.15, 0.2) is 71.8 Å². The van der Waals surface area contributed by atoms with E-state index in [9.17, 15) is 29.1 Å². The average Bonchev–Trinajstić information content (AvgIpc) is 3.26. The van der Waals surface area contributed by atoms with Crippen LogP contribution in [0.4, 0.5) is 4.79 Å². The Hall–Kier alpha value is -5.73. The molecule has 0 spiro atoms. The fourth-order valence-corrected chi connectivity index (χ4v) is 10.6. The van der Waals surface area contributed by atoms with Crippen LogP contribution in [0.25, 0.3) is 0 Å². The third-order valence-electron chi connectivity index (χ3n) is 13.7. The lowest BCUT2D eigenvalue weighted by Crippen LogP contribution is -2.82. The maximum absolute atomic E-state index is 15.7. The smallest absolute Gasteiger partial charge is 0.408 e. The van der Waals surface area contributed by atoms with Gasteiger partial charge in [-0.05, 0) is 63.5 Å². The van der Waals surface area contributed by atoms with Crippen molar-refractivity contribution in [2.24, 2.45) is 22.5 Å². The number of esters is 4. The second kappa shape index (κ2) is 19.7. The number of ether oxygens (including phenoxy) is 9. The summed E-state index contributed by atoms with van der Waals surface area (Å²) >= 11 is 0. The lowest BCUT2D eigenvalue weighted by Gasteiger charge is -2.67. The molecule has 1 heterocycles. The van der Waals surface area contributed by atoms with E-state index in [1.165, 1.54) is 33.3 Å². The number of nitrogens with one attached hydrogen (secondary N) is 1. The molecule has 0 aromatic heterocycles. The number of carbonyl (C=O) groups excluding carboxylic acids is 7. The number of carbonyl (C=O) groups is 7. The van der Waals surface area contributed by atoms with E-state index in [2.05, 4.69) is 5.32 Å². The van der Waals surface area contributed by atoms with Crippen molar-refractivity contribution >= 4 is 41.7 Å². The molecule has 19 heteroatoms. The van der Waals surface area contributed by atoms with Crippen molar-refractivity contribution in [2.45, 2.75) is 128 Å². The lowest BCUT2D eigenvalue weighted by molar-refractivity contribution is -0.347. The van der Waals surface area contributed by atoms with Crippen LogP contribution in [0, 0.1) is 16.7 Å². The molecular formula is C49H62N2O17. The number of primary amides is 1. The number of hydrogen-bond acceptors (Lipinski definition) is 17. The van der Waals surface area contributed by atoms with Crippen molar-refractivity contribution in [1.29, 1.82) is 0 Å². The summed E-state index contributed by atoms with van der Waals surface area (Å²) < 4.78 is 53.6. The summed E-state index contributed by atoms with van der Waals surface area (Å²) in [5, 5.41) is 16.5. The standard InChI is InChI=1S/C49H62N2O17/c1-26-30(64-43(57)38(65-34(54)24-62-23-33(50)53)36(28-17-13-11-14-18-28)51-44(58)68-45(3,4)5)22-49(59)41(66-42(56)29-19-15-12-16-20-29)39-47(8,40(55)37(61-10)35(26)46(49,6)7)31(60-9)21-32-48(39,25-63-32)67-27(2)52/h11-20,30-32,36-39,41,59H,21-25H2,1-10H3,(H2,50,53)(H,51,58)/t30-,31-,32+,36?,37+,38+,39-,41-,47+,48-,49+/m0/s1. The summed E-state index contributed by atoms with van der Waals surface area (Å²) in [5.74, 6) is -6.85. The molecular weight excluding hydrogens is 889 g/mol. The molecule has 4 aliphatic rings. The zero-order valence-electron chi connectivity index (χ0n) is 40.0. The fourth-order valence-electron chi connectivity index (χ4n) is 10.6. The number of aliphatic hydroxyl groups is 1. The van der Waals surface area contributed by atoms with Crippen molar-refractivity contribution in [3.8, 4) is 0 Å². The Bertz CT molecular complexity index is 2290. The number of rotatable bonds is 15. The van der Waals surface area contributed by atoms with Crippen molar-refractivity contribution in [2.75, 3.05) is 34.0 Å². The van der Waals surface area contributed by atoms with Crippen molar-refractivity contribution in [1.82, 2.24) is 5.32 Å². The molecule has 2 bridgehead atoms. The highest BCUT2D eigenvalue weighted by Crippen LogP contribution is 2.65. The first-order valence-electron chi connectivity index (χ1n) is 22.3. The number of Topliss-reactive ketones (excluding diaryl/α,β-unsaturated/α-hetero) is 1. The van der Waals surface area contributed by atoms with Gasteiger partial charge in [0.2, 0.25) is 12.0 Å². The monoisotopic (exact) mass is 950 g/mol. The van der Waals surface area contributed by atoms with Gasteiger partial charge in [0.1, 0.15) is 54.9 Å². The first kappa shape index (κ1) is 51.7. The average molecular weight is 951 g/mol. The van der Waals surface area contributed by atoms with Crippen LogP contribution in [-0.2, 0) is 66.6 Å². The minimum absolute atomic E-state index is 0.0754. The molecule has 68 heavy (non-hydrogen) atoms. The number of alkyl carbamates (subject to hydrolysis) is 1. The Morgan fingerprint density at radius 2 is 1.56 bits per heavy atom. The molecule has 11 atom stereocenters. The first-order chi connectivity index (χ1) is 31.9. The number of amides is 2. The largest absolute Gasteiger partial charge is 0.455 e. The van der Waals surface area contributed by atoms with Gasteiger partial charge in [0, 0.05) is 39.4 Å². The molecule has 3 aliphatic carbocycles. The van der Waals surface area contributed by atoms with Gasteiger partial charge in [0.15, 0.2) is 11.4 Å². The highest BCUT2D eigenvalue weighted by atomic mass is 16.6. The quantitative estimate of drug-likeness (QED) is 0.131. The summed E-state index contributed by atoms with van der Waals surface area (Å²) in [6.07, 6.45) is -9.99. The zero-order valence-corrected chi connectivity index (χ0v) is 40.0. The van der Waals surface area contributed by atoms with Gasteiger partial charge in [0.25, 0.3) is 0 Å². The number of hydrogen-bond donors (Lipinski definition) is 3. The normalized spacial score (nSPS) is 30.3. The lowest BCUT2D eigenvalue weighted by atomic mass is 9.44. The first-order valence-corrected chi connectivity index (χ1v) is 22.3. The maximum atomic E-state index is 15.7. The second-order valence-electron chi connectivity index (χ2n) is 19.4. The molecule has 19 nitrogen and oxygen atoms in total. The third kappa shape index (κ3) is 9.63.